The van der Waals surface area contributed by atoms with Gasteiger partial charge >= 0.3 is 12.0 Å². The molecule has 45 heavy (non-hydrogen) atoms. The molecule has 2 aliphatic rings. The van der Waals surface area contributed by atoms with Gasteiger partial charge in [0.05, 0.1) is 25.3 Å². The van der Waals surface area contributed by atoms with Crippen LogP contribution in [0.4, 0.5) is 35.2 Å². The summed E-state index contributed by atoms with van der Waals surface area (Å²) in [6, 6.07) is 8.60. The highest BCUT2D eigenvalue weighted by atomic mass is 19.1. The highest BCUT2D eigenvalue weighted by Gasteiger charge is 2.56. The summed E-state index contributed by atoms with van der Waals surface area (Å²) in [4.78, 5) is 57.0. The molecule has 1 saturated heterocycles. The topological polar surface area (TPSA) is 142 Å². The van der Waals surface area contributed by atoms with E-state index in [2.05, 4.69) is 20.9 Å². The number of likely N-dealkylation sites (N-methyl/N-ethyl adjacent to an activating group) is 1. The molecule has 12 nitrogen and oxygen atoms in total. The van der Waals surface area contributed by atoms with Crippen molar-refractivity contribution < 1.29 is 41.8 Å². The minimum absolute atomic E-state index is 0.0314. The third kappa shape index (κ3) is 7.49. The standard InChI is InChI=1S/C30H29F3N6O6/c1-38(2)16-26(40)45-20-14-39(15-20)29(43)37-25-11-19(7-10-34-25)44-24-13-21(32)23(12-22(24)33)36-28(42)30(8-9-30)27(41)35-18-5-3-17(31)4-6-18/h3-7,10-13,20H,8-9,14-16H2,1-2H3,(H,35,41)(H,36,42)(H,34,37,43). The summed E-state index contributed by atoms with van der Waals surface area (Å²) in [6.45, 7) is 0.532. The van der Waals surface area contributed by atoms with Gasteiger partial charge < -0.3 is 25.0 Å². The van der Waals surface area contributed by atoms with E-state index in [1.165, 1.54) is 35.4 Å². The van der Waals surface area contributed by atoms with E-state index >= 15 is 0 Å². The van der Waals surface area contributed by atoms with Crippen molar-refractivity contribution in [3.63, 3.8) is 0 Å². The number of urea groups is 1. The lowest BCUT2D eigenvalue weighted by molar-refractivity contribution is -0.155. The van der Waals surface area contributed by atoms with Crippen molar-refractivity contribution in [2.75, 3.05) is 49.7 Å². The number of nitrogens with one attached hydrogen (secondary N) is 3. The first-order valence-electron chi connectivity index (χ1n) is 13.8. The summed E-state index contributed by atoms with van der Waals surface area (Å²) in [5.74, 6) is -4.78. The Balaban J connectivity index is 1.16. The number of nitrogens with zero attached hydrogens (tertiary/aromatic N) is 3. The lowest BCUT2D eigenvalue weighted by Gasteiger charge is -2.38. The minimum atomic E-state index is -1.47. The fourth-order valence-electron chi connectivity index (χ4n) is 4.43. The van der Waals surface area contributed by atoms with Gasteiger partial charge in [0.15, 0.2) is 17.4 Å². The number of esters is 1. The van der Waals surface area contributed by atoms with Gasteiger partial charge in [0.2, 0.25) is 11.8 Å². The van der Waals surface area contributed by atoms with Crippen LogP contribution in [0.25, 0.3) is 0 Å². The van der Waals surface area contributed by atoms with E-state index in [9.17, 15) is 32.3 Å². The summed E-state index contributed by atoms with van der Waals surface area (Å²) < 4.78 is 53.8. The summed E-state index contributed by atoms with van der Waals surface area (Å²) in [5, 5.41) is 7.37. The van der Waals surface area contributed by atoms with E-state index in [4.69, 9.17) is 9.47 Å². The number of ether oxygens (including phenoxy) is 2. The van der Waals surface area contributed by atoms with Gasteiger partial charge in [0.25, 0.3) is 0 Å². The van der Waals surface area contributed by atoms with Crippen LogP contribution in [0.1, 0.15) is 12.8 Å². The molecule has 2 fully saturated rings. The maximum Gasteiger partial charge on any atom is 0.323 e. The Morgan fingerprint density at radius 1 is 0.933 bits per heavy atom. The summed E-state index contributed by atoms with van der Waals surface area (Å²) in [6.07, 6.45) is 1.27. The first kappa shape index (κ1) is 31.3. The molecule has 0 unspecified atom stereocenters. The normalized spacial score (nSPS) is 15.1. The number of rotatable bonds is 10. The molecule has 2 aromatic carbocycles. The molecular weight excluding hydrogens is 597 g/mol. The maximum atomic E-state index is 14.9. The van der Waals surface area contributed by atoms with Crippen LogP contribution >= 0.6 is 0 Å². The predicted molar refractivity (Wildman–Crippen MR) is 155 cm³/mol. The maximum absolute atomic E-state index is 14.9. The van der Waals surface area contributed by atoms with Gasteiger partial charge in [0.1, 0.15) is 28.9 Å². The molecule has 3 aromatic rings. The van der Waals surface area contributed by atoms with E-state index in [1.807, 2.05) is 0 Å². The Morgan fingerprint density at radius 2 is 1.62 bits per heavy atom. The number of halogens is 3. The van der Waals surface area contributed by atoms with Crippen LogP contribution in [-0.2, 0) is 19.1 Å². The molecule has 3 N–H and O–H groups in total. The van der Waals surface area contributed by atoms with Crippen LogP contribution < -0.4 is 20.7 Å². The van der Waals surface area contributed by atoms with Crippen molar-refractivity contribution in [1.82, 2.24) is 14.8 Å². The van der Waals surface area contributed by atoms with Gasteiger partial charge in [-0.2, -0.15) is 0 Å². The van der Waals surface area contributed by atoms with E-state index < -0.39 is 64.2 Å². The van der Waals surface area contributed by atoms with Crippen molar-refractivity contribution in [1.29, 1.82) is 0 Å². The Hall–Kier alpha value is -5.18. The van der Waals surface area contributed by atoms with Crippen molar-refractivity contribution >= 4 is 41.0 Å². The van der Waals surface area contributed by atoms with Crippen LogP contribution in [0.5, 0.6) is 11.5 Å². The van der Waals surface area contributed by atoms with Crippen LogP contribution in [0, 0.1) is 22.9 Å². The van der Waals surface area contributed by atoms with Crippen molar-refractivity contribution in [2.45, 2.75) is 18.9 Å². The van der Waals surface area contributed by atoms with E-state index in [0.717, 1.165) is 24.3 Å². The molecule has 0 atom stereocenters. The average Bonchev–Trinajstić information content (AvgIpc) is 3.77. The molecule has 15 heteroatoms. The van der Waals surface area contributed by atoms with Gasteiger partial charge in [-0.25, -0.2) is 22.9 Å². The highest BCUT2D eigenvalue weighted by molar-refractivity contribution is 6.17. The van der Waals surface area contributed by atoms with Crippen LogP contribution in [0.3, 0.4) is 0 Å². The smallest absolute Gasteiger partial charge is 0.323 e. The second-order valence-electron chi connectivity index (χ2n) is 10.9. The van der Waals surface area contributed by atoms with Crippen molar-refractivity contribution in [3.05, 3.63) is 72.2 Å². The molecule has 0 radical (unpaired) electrons. The molecule has 5 rings (SSSR count). The van der Waals surface area contributed by atoms with Gasteiger partial charge in [-0.3, -0.25) is 24.6 Å². The zero-order valence-electron chi connectivity index (χ0n) is 24.2. The zero-order valence-corrected chi connectivity index (χ0v) is 24.2. The van der Waals surface area contributed by atoms with E-state index in [0.29, 0.717) is 0 Å². The largest absolute Gasteiger partial charge is 0.458 e. The monoisotopic (exact) mass is 626 g/mol. The number of anilines is 3. The molecule has 1 aliphatic carbocycles. The zero-order chi connectivity index (χ0) is 32.3. The lowest BCUT2D eigenvalue weighted by Crippen LogP contribution is -2.57. The first-order valence-corrected chi connectivity index (χ1v) is 13.8. The number of pyridine rings is 1. The molecule has 4 amide bonds. The first-order chi connectivity index (χ1) is 21.4. The Morgan fingerprint density at radius 3 is 2.29 bits per heavy atom. The number of hydrogen-bond acceptors (Lipinski definition) is 8. The van der Waals surface area contributed by atoms with Crippen molar-refractivity contribution in [3.8, 4) is 11.5 Å². The third-order valence-electron chi connectivity index (χ3n) is 7.06. The molecule has 1 aliphatic heterocycles. The number of carbonyl (C=O) groups excluding carboxylic acids is 4. The minimum Gasteiger partial charge on any atom is -0.458 e. The van der Waals surface area contributed by atoms with Gasteiger partial charge in [-0.1, -0.05) is 0 Å². The molecule has 2 heterocycles. The molecule has 236 valence electrons. The van der Waals surface area contributed by atoms with Gasteiger partial charge in [-0.15, -0.1) is 0 Å². The van der Waals surface area contributed by atoms with E-state index in [-0.39, 0.29) is 49.7 Å². The van der Waals surface area contributed by atoms with Crippen molar-refractivity contribution in [2.24, 2.45) is 5.41 Å². The second kappa shape index (κ2) is 12.8. The average molecular weight is 627 g/mol. The second-order valence-corrected chi connectivity index (χ2v) is 10.9. The lowest BCUT2D eigenvalue weighted by atomic mass is 10.0. The fourth-order valence-corrected chi connectivity index (χ4v) is 4.43. The highest BCUT2D eigenvalue weighted by Crippen LogP contribution is 2.47. The number of carbonyl (C=O) groups is 4. The summed E-state index contributed by atoms with van der Waals surface area (Å²) in [7, 11) is 3.47. The van der Waals surface area contributed by atoms with Crippen LogP contribution in [-0.4, -0.2) is 78.4 Å². The number of aromatic nitrogens is 1. The summed E-state index contributed by atoms with van der Waals surface area (Å²) in [5.41, 5.74) is -1.68. The number of amides is 4. The molecule has 1 saturated carbocycles. The van der Waals surface area contributed by atoms with Gasteiger partial charge in [0, 0.05) is 30.1 Å². The Labute approximate surface area is 255 Å². The summed E-state index contributed by atoms with van der Waals surface area (Å²) >= 11 is 0. The predicted octanol–water partition coefficient (Wildman–Crippen LogP) is 3.97. The fraction of sp³-hybridized carbons (Fsp3) is 0.300. The molecular formula is C30H29F3N6O6. The number of hydrogen-bond donors (Lipinski definition) is 3. The molecule has 0 bridgehead atoms. The third-order valence-corrected chi connectivity index (χ3v) is 7.06. The Kier molecular flexibility index (Phi) is 8.90. The SMILES string of the molecule is CN(C)CC(=O)OC1CN(C(=O)Nc2cc(Oc3cc(F)c(NC(=O)C4(C(=O)Nc5ccc(F)cc5)CC4)cc3F)ccn2)C1. The van der Waals surface area contributed by atoms with E-state index in [1.54, 1.807) is 19.0 Å². The number of benzene rings is 2. The Bertz CT molecular complexity index is 1630. The van der Waals surface area contributed by atoms with Gasteiger partial charge in [-0.05, 0) is 57.3 Å². The van der Waals surface area contributed by atoms with Crippen LogP contribution in [0.2, 0.25) is 0 Å². The van der Waals surface area contributed by atoms with Crippen LogP contribution in [0.15, 0.2) is 54.7 Å². The molecule has 0 spiro atoms. The quantitative estimate of drug-likeness (QED) is 0.227. The number of likely N-dealkylation sites (tertiary alicyclic amines) is 1. The molecule has 1 aromatic heterocycles.